The lowest BCUT2D eigenvalue weighted by atomic mass is 9.94. The van der Waals surface area contributed by atoms with E-state index in [0.717, 1.165) is 11.6 Å². The molecule has 2 N–H and O–H groups in total. The maximum absolute atomic E-state index is 13.7. The van der Waals surface area contributed by atoms with Gasteiger partial charge in [-0.1, -0.05) is 12.1 Å². The second-order valence-electron chi connectivity index (χ2n) is 9.08. The van der Waals surface area contributed by atoms with Crippen LogP contribution in [0.4, 0.5) is 36.4 Å². The van der Waals surface area contributed by atoms with Gasteiger partial charge in [0.25, 0.3) is 24.7 Å². The van der Waals surface area contributed by atoms with Crippen molar-refractivity contribution in [2.24, 2.45) is 0 Å². The molecule has 0 saturated carbocycles. The molecule has 1 aliphatic rings. The van der Waals surface area contributed by atoms with Gasteiger partial charge in [0.05, 0.1) is 29.4 Å². The fraction of sp³-hybridized carbons (Fsp3) is 0.250. The number of carbonyl (C=O) groups excluding carboxylic acids is 3. The summed E-state index contributed by atoms with van der Waals surface area (Å²) in [5, 5.41) is 4.86. The first-order valence-electron chi connectivity index (χ1n) is 12.1. The normalized spacial score (nSPS) is 14.0. The molecule has 0 spiro atoms. The Kier molecular flexibility index (Phi) is 9.81. The van der Waals surface area contributed by atoms with Crippen LogP contribution in [0.5, 0.6) is 5.75 Å². The zero-order chi connectivity index (χ0) is 31.4. The van der Waals surface area contributed by atoms with Crippen molar-refractivity contribution < 1.29 is 49.9 Å². The Morgan fingerprint density at radius 1 is 1.07 bits per heavy atom. The third-order valence-corrected chi connectivity index (χ3v) is 6.24. The van der Waals surface area contributed by atoms with E-state index >= 15 is 0 Å². The van der Waals surface area contributed by atoms with Crippen LogP contribution in [0.2, 0.25) is 0 Å². The molecule has 4 rings (SSSR count). The molecule has 0 radical (unpaired) electrons. The number of alkyl halides is 5. The number of rotatable bonds is 7. The van der Waals surface area contributed by atoms with Gasteiger partial charge in [0, 0.05) is 19.7 Å². The van der Waals surface area contributed by atoms with Crippen LogP contribution < -0.4 is 20.3 Å². The number of hydrogen-bond donors (Lipinski definition) is 2. The number of halogens is 7. The largest absolute Gasteiger partial charge is 0.426 e. The molecule has 2 amide bonds. The summed E-state index contributed by atoms with van der Waals surface area (Å²) in [5.41, 5.74) is 0.548. The van der Waals surface area contributed by atoms with Crippen LogP contribution in [0.1, 0.15) is 49.0 Å². The number of hydrogen-bond acceptors (Lipinski definition) is 5. The van der Waals surface area contributed by atoms with E-state index in [0.29, 0.717) is 23.3 Å². The Hall–Kier alpha value is -4.62. The fourth-order valence-electron chi connectivity index (χ4n) is 4.31. The van der Waals surface area contributed by atoms with Crippen molar-refractivity contribution in [3.8, 4) is 5.75 Å². The summed E-state index contributed by atoms with van der Waals surface area (Å²) in [4.78, 5) is 35.7. The van der Waals surface area contributed by atoms with E-state index in [1.54, 1.807) is 19.1 Å². The van der Waals surface area contributed by atoms with E-state index in [1.807, 2.05) is 0 Å². The minimum Gasteiger partial charge on any atom is -0.426 e. The van der Waals surface area contributed by atoms with E-state index in [1.165, 1.54) is 37.2 Å². The quantitative estimate of drug-likeness (QED) is 0.280. The van der Waals surface area contributed by atoms with Gasteiger partial charge in [0.15, 0.2) is 5.75 Å². The van der Waals surface area contributed by atoms with Crippen molar-refractivity contribution in [2.75, 3.05) is 25.5 Å². The standard InChI is InChI=1S/C19H17F3N2O3.C9H7F4NO/c1-10-3-4-11(20)7-13(10)17-12-5-6-14(24(2)8-15(21)22)18(27-9-25)16(12)19(26)23-17;1-14-8(15)5-2-6(9(11,12)13)4-7(10)3-5/h3-7,9,15,17H,8H2,1-2H3,(H,23,26);2-4H,1H3,(H,14,15). The van der Waals surface area contributed by atoms with Crippen molar-refractivity contribution in [2.45, 2.75) is 25.6 Å². The number of nitrogens with zero attached hydrogens (tertiary/aromatic N) is 1. The van der Waals surface area contributed by atoms with Crippen molar-refractivity contribution in [3.05, 3.63) is 93.5 Å². The predicted molar refractivity (Wildman–Crippen MR) is 138 cm³/mol. The van der Waals surface area contributed by atoms with Crippen molar-refractivity contribution >= 4 is 24.0 Å². The van der Waals surface area contributed by atoms with Gasteiger partial charge in [-0.2, -0.15) is 13.2 Å². The number of ether oxygens (including phenoxy) is 1. The summed E-state index contributed by atoms with van der Waals surface area (Å²) in [6, 6.07) is 8.39. The summed E-state index contributed by atoms with van der Waals surface area (Å²) < 4.78 is 93.6. The Morgan fingerprint density at radius 2 is 1.76 bits per heavy atom. The number of carbonyl (C=O) groups is 3. The maximum atomic E-state index is 13.7. The Morgan fingerprint density at radius 3 is 2.36 bits per heavy atom. The highest BCUT2D eigenvalue weighted by molar-refractivity contribution is 6.04. The molecule has 0 fully saturated rings. The minimum absolute atomic E-state index is 0.0781. The van der Waals surface area contributed by atoms with Crippen LogP contribution in [0, 0.1) is 18.6 Å². The van der Waals surface area contributed by atoms with Gasteiger partial charge in [-0.05, 0) is 60.0 Å². The lowest BCUT2D eigenvalue weighted by Crippen LogP contribution is -2.25. The zero-order valence-electron chi connectivity index (χ0n) is 22.3. The van der Waals surface area contributed by atoms with Gasteiger partial charge >= 0.3 is 6.18 Å². The van der Waals surface area contributed by atoms with E-state index in [9.17, 15) is 45.1 Å². The predicted octanol–water partition coefficient (Wildman–Crippen LogP) is 5.41. The molecular weight excluding hydrogens is 575 g/mol. The van der Waals surface area contributed by atoms with E-state index < -0.39 is 54.2 Å². The lowest BCUT2D eigenvalue weighted by molar-refractivity contribution is -0.137. The summed E-state index contributed by atoms with van der Waals surface area (Å²) in [6.45, 7) is 1.33. The third-order valence-electron chi connectivity index (χ3n) is 6.24. The molecule has 7 nitrogen and oxygen atoms in total. The van der Waals surface area contributed by atoms with Gasteiger partial charge in [-0.25, -0.2) is 17.6 Å². The molecule has 3 aromatic rings. The Balaban J connectivity index is 0.000000274. The second kappa shape index (κ2) is 12.9. The zero-order valence-corrected chi connectivity index (χ0v) is 22.3. The molecule has 0 aromatic heterocycles. The number of fused-ring (bicyclic) bond motifs is 1. The van der Waals surface area contributed by atoms with Gasteiger partial charge in [-0.3, -0.25) is 14.4 Å². The molecular formula is C28H24F7N3O4. The number of nitrogens with one attached hydrogen (secondary N) is 2. The lowest BCUT2D eigenvalue weighted by Gasteiger charge is -2.22. The monoisotopic (exact) mass is 599 g/mol. The molecule has 1 atom stereocenters. The third kappa shape index (κ3) is 7.17. The summed E-state index contributed by atoms with van der Waals surface area (Å²) in [6.07, 6.45) is -7.27. The van der Waals surface area contributed by atoms with Gasteiger partial charge < -0.3 is 20.3 Å². The fourth-order valence-corrected chi connectivity index (χ4v) is 4.31. The highest BCUT2D eigenvalue weighted by Crippen LogP contribution is 2.42. The van der Waals surface area contributed by atoms with Crippen LogP contribution >= 0.6 is 0 Å². The van der Waals surface area contributed by atoms with Crippen LogP contribution in [-0.2, 0) is 11.0 Å². The highest BCUT2D eigenvalue weighted by atomic mass is 19.4. The average molecular weight is 600 g/mol. The van der Waals surface area contributed by atoms with E-state index in [4.69, 9.17) is 4.74 Å². The molecule has 1 heterocycles. The van der Waals surface area contributed by atoms with Gasteiger partial charge in [-0.15, -0.1) is 0 Å². The van der Waals surface area contributed by atoms with E-state index in [-0.39, 0.29) is 29.0 Å². The van der Waals surface area contributed by atoms with Gasteiger partial charge in [0.2, 0.25) is 0 Å². The smallest absolute Gasteiger partial charge is 0.416 e. The molecule has 1 unspecified atom stereocenters. The maximum Gasteiger partial charge on any atom is 0.416 e. The van der Waals surface area contributed by atoms with Crippen LogP contribution in [0.25, 0.3) is 0 Å². The molecule has 42 heavy (non-hydrogen) atoms. The van der Waals surface area contributed by atoms with Crippen LogP contribution in [-0.4, -0.2) is 45.4 Å². The molecule has 224 valence electrons. The molecule has 1 aliphatic heterocycles. The SMILES string of the molecule is CNC(=O)c1cc(F)cc(C(F)(F)F)c1.Cc1ccc(F)cc1C1NC(=O)c2c1ccc(N(C)CC(F)F)c2OC=O. The summed E-state index contributed by atoms with van der Waals surface area (Å²) in [5.74, 6) is -2.93. The number of benzene rings is 3. The topological polar surface area (TPSA) is 87.7 Å². The van der Waals surface area contributed by atoms with Crippen LogP contribution in [0.3, 0.4) is 0 Å². The Labute approximate surface area is 235 Å². The molecule has 0 aliphatic carbocycles. The van der Waals surface area contributed by atoms with Crippen molar-refractivity contribution in [1.29, 1.82) is 0 Å². The Bertz CT molecular complexity index is 1500. The van der Waals surface area contributed by atoms with Crippen LogP contribution in [0.15, 0.2) is 48.5 Å². The average Bonchev–Trinajstić information content (AvgIpc) is 3.25. The minimum atomic E-state index is -4.66. The van der Waals surface area contributed by atoms with E-state index in [2.05, 4.69) is 10.6 Å². The molecule has 3 aromatic carbocycles. The number of anilines is 1. The molecule has 14 heteroatoms. The van der Waals surface area contributed by atoms with Crippen molar-refractivity contribution in [1.82, 2.24) is 10.6 Å². The summed E-state index contributed by atoms with van der Waals surface area (Å²) in [7, 11) is 2.66. The molecule has 0 bridgehead atoms. The highest BCUT2D eigenvalue weighted by Gasteiger charge is 2.36. The van der Waals surface area contributed by atoms with Gasteiger partial charge in [0.1, 0.15) is 11.6 Å². The first-order chi connectivity index (χ1) is 19.7. The number of aryl methyl sites for hydroxylation is 1. The first kappa shape index (κ1) is 31.9. The second-order valence-corrected chi connectivity index (χ2v) is 9.08. The molecule has 0 saturated heterocycles. The van der Waals surface area contributed by atoms with Crippen molar-refractivity contribution in [3.63, 3.8) is 0 Å². The number of amides is 2. The summed E-state index contributed by atoms with van der Waals surface area (Å²) >= 11 is 0. The first-order valence-corrected chi connectivity index (χ1v) is 12.1.